The van der Waals surface area contributed by atoms with Gasteiger partial charge in [0.2, 0.25) is 10.9 Å². The molecule has 8 rings (SSSR count). The standard InChI is InChI=1S/C24H27F3N4O4.C16H22BrN3O3.C7H6F3N/c1-2-3-9-35-22-20-24(34)29-7-5-4-6-8-30(14-29)31(20)13-17(21(22)32)23(33)28-12-16-18(26)10-15(25)11-19(16)27;1-2-3-9-23-15-13-16(22)18-7-5-4-6-8-19(11-18)20(13)10-12(17)14(15)21;8-4-1-6(9)5(3-11)7(10)2-4/h10-11,13H,2-9,12,14H2,1H3,(H,28,33);10H,2-9,11H2,1H3;1-2H,3,11H2. The Morgan fingerprint density at radius 3 is 1.54 bits per heavy atom. The minimum atomic E-state index is -1.15. The normalized spacial score (nSPS) is 15.3. The maximum absolute atomic E-state index is 14.0. The van der Waals surface area contributed by atoms with Crippen LogP contribution in [0.4, 0.5) is 26.3 Å². The van der Waals surface area contributed by atoms with Crippen molar-refractivity contribution in [1.29, 1.82) is 0 Å². The van der Waals surface area contributed by atoms with E-state index in [0.29, 0.717) is 73.9 Å². The van der Waals surface area contributed by atoms with Crippen molar-refractivity contribution in [2.24, 2.45) is 5.73 Å². The monoisotopic (exact) mass is 1040 g/mol. The summed E-state index contributed by atoms with van der Waals surface area (Å²) in [5.74, 6) is -7.60. The fourth-order valence-corrected chi connectivity index (χ4v) is 8.39. The molecule has 2 aromatic heterocycles. The van der Waals surface area contributed by atoms with Gasteiger partial charge in [0.25, 0.3) is 17.7 Å². The van der Waals surface area contributed by atoms with Crippen LogP contribution in [0, 0.1) is 34.9 Å². The van der Waals surface area contributed by atoms with Crippen molar-refractivity contribution >= 4 is 33.7 Å². The second kappa shape index (κ2) is 24.0. The third-order valence-electron chi connectivity index (χ3n) is 11.8. The van der Waals surface area contributed by atoms with Crippen LogP contribution in [0.2, 0.25) is 0 Å². The summed E-state index contributed by atoms with van der Waals surface area (Å²) in [4.78, 5) is 68.3. The number of hydrogen-bond donors (Lipinski definition) is 2. The minimum absolute atomic E-state index is 0.0615. The number of pyridine rings is 2. The molecule has 0 atom stereocenters. The minimum Gasteiger partial charge on any atom is -0.487 e. The van der Waals surface area contributed by atoms with Gasteiger partial charge >= 0.3 is 0 Å². The first-order valence-electron chi connectivity index (χ1n) is 22.9. The van der Waals surface area contributed by atoms with Gasteiger partial charge in [-0.1, -0.05) is 26.7 Å². The molecule has 0 saturated carbocycles. The van der Waals surface area contributed by atoms with Crippen molar-refractivity contribution < 1.29 is 50.2 Å². The van der Waals surface area contributed by atoms with Gasteiger partial charge in [0.15, 0.2) is 22.9 Å². The number of nitrogens with two attached hydrogens (primary N) is 1. The maximum Gasteiger partial charge on any atom is 0.277 e. The molecule has 0 spiro atoms. The molecule has 2 fully saturated rings. The Hall–Kier alpha value is -6.03. The lowest BCUT2D eigenvalue weighted by Gasteiger charge is -2.41. The number of ether oxygens (including phenoxy) is 2. The number of rotatable bonds is 12. The van der Waals surface area contributed by atoms with Gasteiger partial charge in [-0.05, 0) is 67.3 Å². The zero-order valence-corrected chi connectivity index (χ0v) is 40.0. The van der Waals surface area contributed by atoms with Crippen LogP contribution in [0.3, 0.4) is 0 Å². The van der Waals surface area contributed by atoms with Gasteiger partial charge in [-0.3, -0.25) is 43.3 Å². The molecule has 22 heteroatoms. The summed E-state index contributed by atoms with van der Waals surface area (Å²) in [6.07, 6.45) is 12.1. The molecular formula is C47H55BrF6N8O7. The van der Waals surface area contributed by atoms with Crippen molar-refractivity contribution in [3.8, 4) is 11.5 Å². The van der Waals surface area contributed by atoms with E-state index in [4.69, 9.17) is 15.2 Å². The van der Waals surface area contributed by atoms with E-state index in [-0.39, 0.29) is 58.7 Å². The van der Waals surface area contributed by atoms with Crippen molar-refractivity contribution in [1.82, 2.24) is 24.5 Å². The number of carbonyl (C=O) groups is 3. The van der Waals surface area contributed by atoms with E-state index in [1.807, 2.05) is 16.8 Å². The van der Waals surface area contributed by atoms with Gasteiger partial charge in [0.1, 0.15) is 53.8 Å². The molecule has 2 aromatic carbocycles. The fourth-order valence-electron chi connectivity index (χ4n) is 8.01. The van der Waals surface area contributed by atoms with Gasteiger partial charge in [-0.15, -0.1) is 0 Å². The number of amides is 3. The zero-order valence-electron chi connectivity index (χ0n) is 38.4. The summed E-state index contributed by atoms with van der Waals surface area (Å²) in [6.45, 7) is 7.39. The van der Waals surface area contributed by atoms with Gasteiger partial charge in [-0.25, -0.2) is 26.3 Å². The smallest absolute Gasteiger partial charge is 0.277 e. The Labute approximate surface area is 402 Å². The first-order chi connectivity index (χ1) is 33.1. The average Bonchev–Trinajstić information content (AvgIpc) is 3.27. The summed E-state index contributed by atoms with van der Waals surface area (Å²) >= 11 is 3.31. The van der Waals surface area contributed by atoms with Crippen LogP contribution < -0.4 is 41.4 Å². The largest absolute Gasteiger partial charge is 0.487 e. The topological polar surface area (TPSA) is 165 Å². The molecule has 3 amide bonds. The fraction of sp³-hybridized carbons (Fsp3) is 0.468. The quantitative estimate of drug-likeness (QED) is 0.114. The Morgan fingerprint density at radius 2 is 1.07 bits per heavy atom. The molecule has 6 heterocycles. The van der Waals surface area contributed by atoms with E-state index in [1.165, 1.54) is 10.9 Å². The molecule has 4 bridgehead atoms. The predicted molar refractivity (Wildman–Crippen MR) is 247 cm³/mol. The number of nitrogens with zero attached hydrogens (tertiary/aromatic N) is 6. The molecule has 0 unspecified atom stereocenters. The van der Waals surface area contributed by atoms with Crippen LogP contribution in [-0.4, -0.2) is 89.6 Å². The Kier molecular flexibility index (Phi) is 18.2. The third-order valence-corrected chi connectivity index (χ3v) is 12.3. The summed E-state index contributed by atoms with van der Waals surface area (Å²) < 4.78 is 93.7. The highest BCUT2D eigenvalue weighted by Crippen LogP contribution is 2.27. The molecule has 15 nitrogen and oxygen atoms in total. The first-order valence-corrected chi connectivity index (χ1v) is 23.7. The molecule has 69 heavy (non-hydrogen) atoms. The van der Waals surface area contributed by atoms with Crippen LogP contribution in [0.25, 0.3) is 0 Å². The molecule has 374 valence electrons. The van der Waals surface area contributed by atoms with Gasteiger partial charge < -0.3 is 30.3 Å². The summed E-state index contributed by atoms with van der Waals surface area (Å²) in [6, 6.07) is 2.23. The van der Waals surface area contributed by atoms with E-state index in [1.54, 1.807) is 15.8 Å². The number of nitrogens with one attached hydrogen (secondary N) is 1. The zero-order chi connectivity index (χ0) is 49.9. The lowest BCUT2D eigenvalue weighted by molar-refractivity contribution is 0.0663. The van der Waals surface area contributed by atoms with Crippen LogP contribution in [0.5, 0.6) is 11.5 Å². The van der Waals surface area contributed by atoms with E-state index < -0.39 is 58.3 Å². The predicted octanol–water partition coefficient (Wildman–Crippen LogP) is 6.80. The molecular weight excluding hydrogens is 982 g/mol. The van der Waals surface area contributed by atoms with Crippen molar-refractivity contribution in [3.63, 3.8) is 0 Å². The summed E-state index contributed by atoms with van der Waals surface area (Å²) in [5, 5.41) is 6.29. The van der Waals surface area contributed by atoms with Crippen LogP contribution >= 0.6 is 15.9 Å². The van der Waals surface area contributed by atoms with Gasteiger partial charge in [0.05, 0.1) is 17.7 Å². The van der Waals surface area contributed by atoms with Crippen molar-refractivity contribution in [2.75, 3.05) is 62.7 Å². The second-order valence-electron chi connectivity index (χ2n) is 16.7. The molecule has 2 saturated heterocycles. The van der Waals surface area contributed by atoms with E-state index in [0.717, 1.165) is 70.9 Å². The molecule has 4 aromatic rings. The van der Waals surface area contributed by atoms with Crippen molar-refractivity contribution in [2.45, 2.75) is 91.1 Å². The van der Waals surface area contributed by atoms with Crippen LogP contribution in [0.1, 0.15) is 121 Å². The highest BCUT2D eigenvalue weighted by molar-refractivity contribution is 9.10. The summed E-state index contributed by atoms with van der Waals surface area (Å²) in [7, 11) is 0. The van der Waals surface area contributed by atoms with Crippen molar-refractivity contribution in [3.05, 3.63) is 125 Å². The molecule has 4 aliphatic rings. The molecule has 3 N–H and O–H groups in total. The number of halogens is 7. The number of aromatic nitrogens is 2. The molecule has 0 radical (unpaired) electrons. The molecule has 0 aliphatic carbocycles. The van der Waals surface area contributed by atoms with Crippen LogP contribution in [-0.2, 0) is 13.1 Å². The van der Waals surface area contributed by atoms with E-state index in [9.17, 15) is 50.3 Å². The highest BCUT2D eigenvalue weighted by atomic mass is 79.9. The average molecular weight is 1040 g/mol. The highest BCUT2D eigenvalue weighted by Gasteiger charge is 2.37. The number of benzene rings is 2. The Balaban J connectivity index is 0.000000196. The van der Waals surface area contributed by atoms with Gasteiger partial charge in [0, 0.05) is 87.1 Å². The molecule has 4 aliphatic heterocycles. The SMILES string of the molecule is CCCCOc1c2n(cc(Br)c1=O)N1CCCCCN(C1)C2=O.CCCCOc1c2n(cc(C(=O)NCc3c(F)cc(F)cc3F)c1=O)N1CCCCCN(C1)C2=O.NCc1c(F)cc(F)cc1F. The van der Waals surface area contributed by atoms with Crippen LogP contribution in [0.15, 0.2) is 50.7 Å². The lowest BCUT2D eigenvalue weighted by atomic mass is 10.1. The van der Waals surface area contributed by atoms with Gasteiger partial charge in [-0.2, -0.15) is 0 Å². The maximum atomic E-state index is 14.0. The van der Waals surface area contributed by atoms with E-state index in [2.05, 4.69) is 33.2 Å². The number of fused-ring (bicyclic) bond motifs is 8. The van der Waals surface area contributed by atoms with E-state index >= 15 is 0 Å². The second-order valence-corrected chi connectivity index (χ2v) is 17.6. The third kappa shape index (κ3) is 12.2. The summed E-state index contributed by atoms with van der Waals surface area (Å²) in [5.41, 5.74) is 3.24. The Bertz CT molecular complexity index is 2610. The number of carbonyl (C=O) groups excluding carboxylic acids is 3. The number of hydrogen-bond acceptors (Lipinski definition) is 10. The Morgan fingerprint density at radius 1 is 0.638 bits per heavy atom. The lowest BCUT2D eigenvalue weighted by Crippen LogP contribution is -2.56. The number of unbranched alkanes of at least 4 members (excludes halogenated alkanes) is 2. The first kappa shape index (κ1) is 52.3.